The van der Waals surface area contributed by atoms with Gasteiger partial charge in [0.25, 0.3) is 0 Å². The first-order chi connectivity index (χ1) is 0. The molecule has 0 heterocycles. The molecule has 0 aliphatic carbocycles. The minimum Gasteiger partial charge on any atom is 0 e. The third kappa shape index (κ3) is 32.8. The predicted octanol–water partition coefficient (Wildman–Crippen LogP) is -0.0100. The third-order valence-corrected chi connectivity index (χ3v) is 0. The maximum Gasteiger partial charge on any atom is 0 e. The molecule has 0 unspecified atom stereocenters. The molecule has 0 aromatic heterocycles. The van der Waals surface area contributed by atoms with Gasteiger partial charge in [-0.2, -0.15) is 0 Å². The average Bonchev–Trinajstić information content (AvgIpc) is 0. The second-order valence-electron chi connectivity index (χ2n) is 0. The maximum absolute atomic E-state index is 0. The Morgan fingerprint density at radius 1 is 0.286 bits per heavy atom. The van der Waals surface area contributed by atoms with Crippen LogP contribution in [0.15, 0.2) is 0 Å². The molecule has 0 aliphatic heterocycles. The molecule has 0 amide bonds. The Kier molecular flexibility index (Phi) is 283. The van der Waals surface area contributed by atoms with Gasteiger partial charge in [-0.1, -0.05) is 0 Å². The van der Waals surface area contributed by atoms with E-state index in [4.69, 9.17) is 0 Å². The van der Waals surface area contributed by atoms with Crippen LogP contribution in [-0.2, 0) is 81.7 Å². The summed E-state index contributed by atoms with van der Waals surface area (Å²) in [6, 6.07) is 0. The van der Waals surface area contributed by atoms with Crippen LogP contribution in [0.25, 0.3) is 0 Å². The van der Waals surface area contributed by atoms with Gasteiger partial charge in [-0.25, -0.2) is 0 Å². The normalized spacial score (nSPS) is 0. The minimum atomic E-state index is 0. The molecule has 0 saturated carbocycles. The fourth-order valence-corrected chi connectivity index (χ4v) is 0. The van der Waals surface area contributed by atoms with Crippen molar-refractivity contribution in [2.45, 2.75) is 0 Å². The molecular weight excluding hydrogens is 927 g/mol. The molecule has 0 aromatic carbocycles. The van der Waals surface area contributed by atoms with E-state index in [1.54, 1.807) is 0 Å². The summed E-state index contributed by atoms with van der Waals surface area (Å²) in [5, 5.41) is 0. The summed E-state index contributed by atoms with van der Waals surface area (Å²) < 4.78 is 0. The van der Waals surface area contributed by atoms with E-state index in [1.165, 1.54) is 0 Å². The van der Waals surface area contributed by atoms with E-state index in [0.717, 1.165) is 0 Å². The van der Waals surface area contributed by atoms with Crippen LogP contribution in [0.1, 0.15) is 0 Å². The van der Waals surface area contributed by atoms with Gasteiger partial charge in [0.15, 0.2) is 0 Å². The van der Waals surface area contributed by atoms with E-state index in [1.807, 2.05) is 0 Å². The summed E-state index contributed by atoms with van der Waals surface area (Å²) >= 11 is 0. The van der Waals surface area contributed by atoms with Crippen molar-refractivity contribution < 1.29 is 194 Å². The fourth-order valence-electron chi connectivity index (χ4n) is 0. The minimum absolute atomic E-state index is 0. The predicted molar refractivity (Wildman–Crippen MR) is 0 cm³/mol. The summed E-state index contributed by atoms with van der Waals surface area (Å²) in [5.74, 6) is 0. The Morgan fingerprint density at radius 2 is 0.286 bits per heavy atom. The average molecular weight is 927 g/mol. The maximum atomic E-state index is 0. The molecule has 0 nitrogen and oxygen atoms in total. The SMILES string of the molecule is [Er].[Er].[Er].[Pd].[Pd].[Pd].[Pd]. The molecule has 0 spiro atoms. The molecular formula is Er3Pd4. The first-order valence-corrected chi connectivity index (χ1v) is 0. The third-order valence-electron chi connectivity index (χ3n) is 0. The molecule has 0 N–H and O–H groups in total. The van der Waals surface area contributed by atoms with Gasteiger partial charge in [0, 0.05) is 194 Å². The standard InChI is InChI=1S/3Er.4Pd. The monoisotopic (exact) mass is 921 g/mol. The molecule has 0 rings (SSSR count). The van der Waals surface area contributed by atoms with Gasteiger partial charge >= 0.3 is 0 Å². The first kappa shape index (κ1) is 50.3. The van der Waals surface area contributed by atoms with Crippen LogP contribution in [0.2, 0.25) is 0 Å². The molecule has 7 heteroatoms. The Bertz CT molecular complexity index is 6.90. The van der Waals surface area contributed by atoms with Crippen molar-refractivity contribution in [1.82, 2.24) is 0 Å². The van der Waals surface area contributed by atoms with Gasteiger partial charge in [-0.05, 0) is 0 Å². The van der Waals surface area contributed by atoms with Crippen molar-refractivity contribution in [1.29, 1.82) is 0 Å². The van der Waals surface area contributed by atoms with Gasteiger partial charge in [-0.15, -0.1) is 0 Å². The zero-order valence-corrected chi connectivity index (χ0v) is 13.9. The first-order valence-electron chi connectivity index (χ1n) is 0. The summed E-state index contributed by atoms with van der Waals surface area (Å²) in [7, 11) is 0. The Morgan fingerprint density at radius 3 is 0.286 bits per heavy atom. The van der Waals surface area contributed by atoms with E-state index in [2.05, 4.69) is 0 Å². The van der Waals surface area contributed by atoms with Crippen LogP contribution >= 0.6 is 0 Å². The summed E-state index contributed by atoms with van der Waals surface area (Å²) in [5.41, 5.74) is 0. The van der Waals surface area contributed by atoms with Gasteiger partial charge in [0.2, 0.25) is 0 Å². The number of rotatable bonds is 0. The van der Waals surface area contributed by atoms with E-state index in [0.29, 0.717) is 0 Å². The van der Waals surface area contributed by atoms with Gasteiger partial charge in [-0.3, -0.25) is 0 Å². The Labute approximate surface area is 188 Å². The number of hydrogen-bond donors (Lipinski definition) is 0. The zero-order chi connectivity index (χ0) is 0. The van der Waals surface area contributed by atoms with Gasteiger partial charge < -0.3 is 0 Å². The Balaban J connectivity index is 0. The second-order valence-corrected chi connectivity index (χ2v) is 0. The fraction of sp³-hybridized carbons (Fsp3) is 0. The van der Waals surface area contributed by atoms with Crippen molar-refractivity contribution in [2.24, 2.45) is 0 Å². The van der Waals surface area contributed by atoms with Crippen LogP contribution in [0.3, 0.4) is 0 Å². The molecule has 76 valence electrons. The molecule has 0 aliphatic rings. The van der Waals surface area contributed by atoms with Gasteiger partial charge in [0.05, 0.1) is 0 Å². The van der Waals surface area contributed by atoms with E-state index < -0.39 is 0 Å². The van der Waals surface area contributed by atoms with Crippen LogP contribution in [0, 0.1) is 112 Å². The van der Waals surface area contributed by atoms with E-state index >= 15 is 0 Å². The summed E-state index contributed by atoms with van der Waals surface area (Å²) in [6.07, 6.45) is 0. The zero-order valence-electron chi connectivity index (χ0n) is 2.13. The molecule has 0 radical (unpaired) electrons. The van der Waals surface area contributed by atoms with Crippen LogP contribution in [-0.4, -0.2) is 0 Å². The second kappa shape index (κ2) is 39.4. The topological polar surface area (TPSA) is 0 Å². The molecule has 0 atom stereocenters. The van der Waals surface area contributed by atoms with Crippen molar-refractivity contribution in [3.05, 3.63) is 0 Å². The van der Waals surface area contributed by atoms with Crippen LogP contribution in [0.5, 0.6) is 0 Å². The van der Waals surface area contributed by atoms with Gasteiger partial charge in [0.1, 0.15) is 0 Å². The molecule has 7 heavy (non-hydrogen) atoms. The van der Waals surface area contributed by atoms with Crippen LogP contribution < -0.4 is 0 Å². The van der Waals surface area contributed by atoms with E-state index in [9.17, 15) is 0 Å². The van der Waals surface area contributed by atoms with Crippen molar-refractivity contribution in [2.75, 3.05) is 0 Å². The van der Waals surface area contributed by atoms with Crippen molar-refractivity contribution >= 4 is 0 Å². The van der Waals surface area contributed by atoms with Crippen molar-refractivity contribution in [3.63, 3.8) is 0 Å². The number of hydrogen-bond acceptors (Lipinski definition) is 0. The summed E-state index contributed by atoms with van der Waals surface area (Å²) in [4.78, 5) is 0. The quantitative estimate of drug-likeness (QED) is 0.301. The Hall–Kier alpha value is 6.39. The largest absolute Gasteiger partial charge is 0 e. The summed E-state index contributed by atoms with van der Waals surface area (Å²) in [6.45, 7) is 0. The van der Waals surface area contributed by atoms with E-state index in [-0.39, 0.29) is 194 Å². The molecule has 0 aromatic rings. The smallest absolute Gasteiger partial charge is 0 e. The molecule has 0 bridgehead atoms. The molecule has 0 saturated heterocycles. The van der Waals surface area contributed by atoms with Crippen LogP contribution in [0.4, 0.5) is 0 Å². The molecule has 0 fully saturated rings. The van der Waals surface area contributed by atoms with Crippen molar-refractivity contribution in [3.8, 4) is 0 Å².